The second-order valence-electron chi connectivity index (χ2n) is 6.99. The second-order valence-corrected chi connectivity index (χ2v) is 6.99. The van der Waals surface area contributed by atoms with E-state index in [1.807, 2.05) is 0 Å². The summed E-state index contributed by atoms with van der Waals surface area (Å²) in [6.45, 7) is 0.243. The molecule has 3 saturated carbocycles. The zero-order valence-electron chi connectivity index (χ0n) is 12.8. The van der Waals surface area contributed by atoms with Crippen molar-refractivity contribution in [3.63, 3.8) is 0 Å². The van der Waals surface area contributed by atoms with Gasteiger partial charge in [-0.15, -0.1) is 12.4 Å². The third kappa shape index (κ3) is 4.33. The summed E-state index contributed by atoms with van der Waals surface area (Å²) in [5.74, 6) is 1.26. The Labute approximate surface area is 134 Å². The summed E-state index contributed by atoms with van der Waals surface area (Å²) in [6, 6.07) is 0.691. The van der Waals surface area contributed by atoms with Gasteiger partial charge >= 0.3 is 0 Å². The van der Waals surface area contributed by atoms with E-state index in [2.05, 4.69) is 5.32 Å². The van der Waals surface area contributed by atoms with Crippen molar-refractivity contribution in [3.8, 4) is 0 Å². The summed E-state index contributed by atoms with van der Waals surface area (Å²) in [6.07, 6.45) is 10.9. The monoisotopic (exact) mass is 316 g/mol. The number of nitrogens with one attached hydrogen (secondary N) is 1. The topological polar surface area (TPSA) is 64.3 Å². The fraction of sp³-hybridized carbons (Fsp3) is 0.938. The highest BCUT2D eigenvalue weighted by Gasteiger charge is 2.39. The Kier molecular flexibility index (Phi) is 6.33. The standard InChI is InChI=1S/C16H28N2O2.ClH/c17-13-8-11-4-3-5-12(9-13)16(11)18-15(19)10-20-14-6-1-2-7-14;/h11-14,16H,1-10,17H2,(H,18,19);1H. The summed E-state index contributed by atoms with van der Waals surface area (Å²) in [7, 11) is 0. The van der Waals surface area contributed by atoms with Gasteiger partial charge in [0.2, 0.25) is 5.91 Å². The van der Waals surface area contributed by atoms with Gasteiger partial charge in [0.25, 0.3) is 0 Å². The van der Waals surface area contributed by atoms with Crippen LogP contribution in [0.3, 0.4) is 0 Å². The van der Waals surface area contributed by atoms with Crippen molar-refractivity contribution in [2.24, 2.45) is 17.6 Å². The molecule has 4 nitrogen and oxygen atoms in total. The Morgan fingerprint density at radius 3 is 2.29 bits per heavy atom. The van der Waals surface area contributed by atoms with Crippen molar-refractivity contribution >= 4 is 18.3 Å². The summed E-state index contributed by atoms with van der Waals surface area (Å²) in [5, 5.41) is 3.25. The molecule has 1 amide bonds. The van der Waals surface area contributed by atoms with Crippen molar-refractivity contribution in [3.05, 3.63) is 0 Å². The molecule has 0 aromatic heterocycles. The molecule has 0 aromatic rings. The number of hydrogen-bond acceptors (Lipinski definition) is 3. The average molecular weight is 317 g/mol. The summed E-state index contributed by atoms with van der Waals surface area (Å²) in [5.41, 5.74) is 6.12. The number of fused-ring (bicyclic) bond motifs is 2. The van der Waals surface area contributed by atoms with Crippen LogP contribution < -0.4 is 11.1 Å². The lowest BCUT2D eigenvalue weighted by atomic mass is 9.67. The van der Waals surface area contributed by atoms with Gasteiger partial charge in [0.1, 0.15) is 6.61 Å². The average Bonchev–Trinajstić information content (AvgIpc) is 2.91. The highest BCUT2D eigenvalue weighted by Crippen LogP contribution is 2.39. The number of ether oxygens (including phenoxy) is 1. The maximum atomic E-state index is 12.1. The second kappa shape index (κ2) is 7.80. The molecule has 0 spiro atoms. The molecule has 3 fully saturated rings. The minimum Gasteiger partial charge on any atom is -0.368 e. The lowest BCUT2D eigenvalue weighted by Crippen LogP contribution is -2.54. The predicted octanol–water partition coefficient (Wildman–Crippen LogP) is 2.39. The number of carbonyl (C=O) groups excluding carboxylic acids is 1. The van der Waals surface area contributed by atoms with Crippen LogP contribution >= 0.6 is 12.4 Å². The van der Waals surface area contributed by atoms with Crippen LogP contribution in [0, 0.1) is 11.8 Å². The Balaban J connectivity index is 0.00000161. The molecule has 3 aliphatic carbocycles. The van der Waals surface area contributed by atoms with Gasteiger partial charge in [-0.25, -0.2) is 0 Å². The van der Waals surface area contributed by atoms with E-state index < -0.39 is 0 Å². The highest BCUT2D eigenvalue weighted by atomic mass is 35.5. The van der Waals surface area contributed by atoms with Crippen molar-refractivity contribution in [1.82, 2.24) is 5.32 Å². The Morgan fingerprint density at radius 1 is 1.05 bits per heavy atom. The van der Waals surface area contributed by atoms with E-state index in [-0.39, 0.29) is 24.9 Å². The first-order valence-electron chi connectivity index (χ1n) is 8.39. The quantitative estimate of drug-likeness (QED) is 0.837. The van der Waals surface area contributed by atoms with Crippen LogP contribution in [-0.2, 0) is 9.53 Å². The maximum absolute atomic E-state index is 12.1. The largest absolute Gasteiger partial charge is 0.368 e. The molecule has 3 rings (SSSR count). The minimum absolute atomic E-state index is 0. The highest BCUT2D eigenvalue weighted by molar-refractivity contribution is 5.85. The van der Waals surface area contributed by atoms with E-state index in [1.54, 1.807) is 0 Å². The van der Waals surface area contributed by atoms with Crippen LogP contribution in [0.15, 0.2) is 0 Å². The van der Waals surface area contributed by atoms with Crippen molar-refractivity contribution in [1.29, 1.82) is 0 Å². The molecule has 0 heterocycles. The Hall–Kier alpha value is -0.320. The normalized spacial score (nSPS) is 36.0. The number of amides is 1. The fourth-order valence-electron chi connectivity index (χ4n) is 4.50. The smallest absolute Gasteiger partial charge is 0.246 e. The predicted molar refractivity (Wildman–Crippen MR) is 85.4 cm³/mol. The van der Waals surface area contributed by atoms with Crippen LogP contribution in [0.4, 0.5) is 0 Å². The van der Waals surface area contributed by atoms with E-state index in [0.717, 1.165) is 25.7 Å². The number of carbonyl (C=O) groups is 1. The fourth-order valence-corrected chi connectivity index (χ4v) is 4.50. The third-order valence-corrected chi connectivity index (χ3v) is 5.46. The SMILES string of the molecule is Cl.NC1CC2CCCC(C1)C2NC(=O)COC1CCCC1. The zero-order chi connectivity index (χ0) is 13.9. The summed E-state index contributed by atoms with van der Waals surface area (Å²) < 4.78 is 5.71. The van der Waals surface area contributed by atoms with Gasteiger partial charge in [-0.05, 0) is 50.4 Å². The lowest BCUT2D eigenvalue weighted by Gasteiger charge is -2.45. The first kappa shape index (κ1) is 17.0. The van der Waals surface area contributed by atoms with E-state index >= 15 is 0 Å². The zero-order valence-corrected chi connectivity index (χ0v) is 13.6. The number of halogens is 1. The van der Waals surface area contributed by atoms with Gasteiger partial charge in [-0.1, -0.05) is 19.3 Å². The third-order valence-electron chi connectivity index (χ3n) is 5.46. The molecule has 2 atom stereocenters. The van der Waals surface area contributed by atoms with Gasteiger partial charge in [0.05, 0.1) is 6.10 Å². The van der Waals surface area contributed by atoms with Gasteiger partial charge in [-0.3, -0.25) is 4.79 Å². The number of hydrogen-bond donors (Lipinski definition) is 2. The van der Waals surface area contributed by atoms with Crippen molar-refractivity contribution in [2.45, 2.75) is 76.0 Å². The molecule has 2 unspecified atom stereocenters. The van der Waals surface area contributed by atoms with Crippen LogP contribution in [0.1, 0.15) is 57.8 Å². The van der Waals surface area contributed by atoms with Gasteiger partial charge < -0.3 is 15.8 Å². The molecule has 0 saturated heterocycles. The summed E-state index contributed by atoms with van der Waals surface area (Å²) in [4.78, 5) is 12.1. The van der Waals surface area contributed by atoms with Crippen LogP contribution in [0.2, 0.25) is 0 Å². The summed E-state index contributed by atoms with van der Waals surface area (Å²) >= 11 is 0. The van der Waals surface area contributed by atoms with Crippen molar-refractivity contribution in [2.75, 3.05) is 6.61 Å². The Morgan fingerprint density at radius 2 is 1.67 bits per heavy atom. The van der Waals surface area contributed by atoms with Gasteiger partial charge in [0.15, 0.2) is 0 Å². The molecule has 0 aromatic carbocycles. The minimum atomic E-state index is 0. The lowest BCUT2D eigenvalue weighted by molar-refractivity contribution is -0.130. The molecular weight excluding hydrogens is 288 g/mol. The molecule has 5 heteroatoms. The van der Waals surface area contributed by atoms with E-state index in [0.29, 0.717) is 30.0 Å². The molecule has 3 aliphatic rings. The van der Waals surface area contributed by atoms with E-state index in [1.165, 1.54) is 32.1 Å². The molecule has 0 radical (unpaired) electrons. The molecule has 2 bridgehead atoms. The molecule has 21 heavy (non-hydrogen) atoms. The first-order valence-corrected chi connectivity index (χ1v) is 8.39. The van der Waals surface area contributed by atoms with Crippen LogP contribution in [-0.4, -0.2) is 30.7 Å². The molecule has 3 N–H and O–H groups in total. The van der Waals surface area contributed by atoms with Crippen LogP contribution in [0.25, 0.3) is 0 Å². The molecule has 122 valence electrons. The first-order chi connectivity index (χ1) is 9.72. The van der Waals surface area contributed by atoms with Gasteiger partial charge in [-0.2, -0.15) is 0 Å². The van der Waals surface area contributed by atoms with Crippen LogP contribution in [0.5, 0.6) is 0 Å². The van der Waals surface area contributed by atoms with Crippen molar-refractivity contribution < 1.29 is 9.53 Å². The molecular formula is C16H29ClN2O2. The van der Waals surface area contributed by atoms with Gasteiger partial charge in [0, 0.05) is 12.1 Å². The van der Waals surface area contributed by atoms with E-state index in [4.69, 9.17) is 10.5 Å². The van der Waals surface area contributed by atoms with E-state index in [9.17, 15) is 4.79 Å². The molecule has 0 aliphatic heterocycles. The Bertz CT molecular complexity index is 333. The number of rotatable bonds is 4. The number of nitrogens with two attached hydrogens (primary N) is 1. The maximum Gasteiger partial charge on any atom is 0.246 e.